The number of amides is 2. The van der Waals surface area contributed by atoms with Crippen molar-refractivity contribution in [3.8, 4) is 0 Å². The Bertz CT molecular complexity index is 428. The van der Waals surface area contributed by atoms with Gasteiger partial charge in [0.05, 0.1) is 6.10 Å². The fraction of sp³-hybridized carbons (Fsp3) is 0.875. The maximum Gasteiger partial charge on any atom is 0.247 e. The second-order valence-electron chi connectivity index (χ2n) is 7.89. The van der Waals surface area contributed by atoms with Gasteiger partial charge in [-0.25, -0.2) is 0 Å². The quantitative estimate of drug-likeness (QED) is 0.691. The largest absolute Gasteiger partial charge is 0.391 e. The Morgan fingerprint density at radius 2 is 1.77 bits per heavy atom. The first kappa shape index (κ1) is 17.2. The third-order valence-electron chi connectivity index (χ3n) is 4.74. The molecule has 6 heteroatoms. The molecule has 2 saturated heterocycles. The lowest BCUT2D eigenvalue weighted by molar-refractivity contribution is -0.152. The fourth-order valence-corrected chi connectivity index (χ4v) is 3.14. The van der Waals surface area contributed by atoms with Gasteiger partial charge < -0.3 is 20.6 Å². The Balaban J connectivity index is 1.95. The molecule has 0 aromatic rings. The molecule has 0 radical (unpaired) electrons. The highest BCUT2D eigenvalue weighted by molar-refractivity contribution is 5.90. The second kappa shape index (κ2) is 6.16. The van der Waals surface area contributed by atoms with E-state index >= 15 is 0 Å². The van der Waals surface area contributed by atoms with Gasteiger partial charge in [0.25, 0.3) is 0 Å². The van der Waals surface area contributed by atoms with Gasteiger partial charge in [-0.15, -0.1) is 0 Å². The van der Waals surface area contributed by atoms with Crippen LogP contribution in [0, 0.1) is 10.8 Å². The second-order valence-corrected chi connectivity index (χ2v) is 7.89. The number of hydrogen-bond acceptors (Lipinski definition) is 4. The molecule has 2 aliphatic heterocycles. The van der Waals surface area contributed by atoms with Crippen molar-refractivity contribution >= 4 is 11.8 Å². The molecular formula is C16H29N3O3. The van der Waals surface area contributed by atoms with Gasteiger partial charge in [-0.2, -0.15) is 0 Å². The van der Waals surface area contributed by atoms with E-state index in [1.807, 2.05) is 0 Å². The Hall–Kier alpha value is -1.14. The number of aliphatic hydroxyl groups is 1. The minimum absolute atomic E-state index is 0.170. The van der Waals surface area contributed by atoms with Crippen LogP contribution in [0.2, 0.25) is 0 Å². The zero-order valence-corrected chi connectivity index (χ0v) is 14.1. The van der Waals surface area contributed by atoms with E-state index in [1.54, 1.807) is 32.6 Å². The average molecular weight is 311 g/mol. The molecule has 2 aliphatic rings. The first-order valence-electron chi connectivity index (χ1n) is 8.13. The topological polar surface area (TPSA) is 81.7 Å². The zero-order valence-electron chi connectivity index (χ0n) is 14.1. The van der Waals surface area contributed by atoms with Crippen LogP contribution in [0.4, 0.5) is 0 Å². The molecule has 0 aromatic heterocycles. The van der Waals surface area contributed by atoms with Crippen LogP contribution in [0.3, 0.4) is 0 Å². The minimum atomic E-state index is -0.900. The summed E-state index contributed by atoms with van der Waals surface area (Å²) in [5.41, 5.74) is -0.336. The predicted molar refractivity (Wildman–Crippen MR) is 84.2 cm³/mol. The summed E-state index contributed by atoms with van der Waals surface area (Å²) in [5.74, 6) is -0.388. The van der Waals surface area contributed by atoms with Crippen LogP contribution in [0.5, 0.6) is 0 Å². The molecule has 2 atom stereocenters. The minimum Gasteiger partial charge on any atom is -0.391 e. The summed E-state index contributed by atoms with van der Waals surface area (Å²) in [6, 6.07) is -0.856. The Kier molecular flexibility index (Phi) is 4.82. The lowest BCUT2D eigenvalue weighted by atomic mass is 9.72. The van der Waals surface area contributed by atoms with Gasteiger partial charge in [-0.3, -0.25) is 9.59 Å². The van der Waals surface area contributed by atoms with Gasteiger partial charge in [-0.1, -0.05) is 20.8 Å². The Labute approximate surface area is 132 Å². The molecule has 22 heavy (non-hydrogen) atoms. The number of rotatable bonds is 3. The van der Waals surface area contributed by atoms with Crippen LogP contribution in [0.15, 0.2) is 0 Å². The van der Waals surface area contributed by atoms with Crippen LogP contribution in [-0.2, 0) is 9.59 Å². The summed E-state index contributed by atoms with van der Waals surface area (Å²) >= 11 is 0. The molecule has 2 amide bonds. The molecule has 0 aliphatic carbocycles. The van der Waals surface area contributed by atoms with Gasteiger partial charge >= 0.3 is 0 Å². The van der Waals surface area contributed by atoms with Gasteiger partial charge in [0, 0.05) is 23.9 Å². The van der Waals surface area contributed by atoms with Crippen LogP contribution < -0.4 is 10.6 Å². The Morgan fingerprint density at radius 1 is 1.23 bits per heavy atom. The molecule has 0 bridgehead atoms. The third kappa shape index (κ3) is 3.60. The van der Waals surface area contributed by atoms with E-state index in [1.165, 1.54) is 0 Å². The molecule has 2 rings (SSSR count). The Morgan fingerprint density at radius 3 is 2.23 bits per heavy atom. The highest BCUT2D eigenvalue weighted by Crippen LogP contribution is 2.38. The SMILES string of the molecule is CC(O)C(NC(=O)C(C)(C)C)C(=O)N1CC2(CCNCC2)C1. The maximum absolute atomic E-state index is 12.6. The van der Waals surface area contributed by atoms with Gasteiger partial charge in [0.15, 0.2) is 0 Å². The molecule has 0 aromatic carbocycles. The average Bonchev–Trinajstić information content (AvgIpc) is 2.40. The first-order valence-corrected chi connectivity index (χ1v) is 8.13. The van der Waals surface area contributed by atoms with Crippen molar-refractivity contribution in [3.63, 3.8) is 0 Å². The highest BCUT2D eigenvalue weighted by Gasteiger charge is 2.47. The number of nitrogens with zero attached hydrogens (tertiary/aromatic N) is 1. The zero-order chi connectivity index (χ0) is 16.5. The third-order valence-corrected chi connectivity index (χ3v) is 4.74. The van der Waals surface area contributed by atoms with Crippen molar-refractivity contribution in [2.24, 2.45) is 10.8 Å². The van der Waals surface area contributed by atoms with Crippen LogP contribution >= 0.6 is 0 Å². The normalized spacial score (nSPS) is 23.6. The summed E-state index contributed by atoms with van der Waals surface area (Å²) in [7, 11) is 0. The fourth-order valence-electron chi connectivity index (χ4n) is 3.14. The summed E-state index contributed by atoms with van der Waals surface area (Å²) in [5, 5.41) is 15.9. The van der Waals surface area contributed by atoms with Gasteiger partial charge in [0.1, 0.15) is 6.04 Å². The molecular weight excluding hydrogens is 282 g/mol. The maximum atomic E-state index is 12.6. The molecule has 126 valence electrons. The molecule has 1 spiro atoms. The van der Waals surface area contributed by atoms with Crippen LogP contribution in [0.1, 0.15) is 40.5 Å². The number of carbonyl (C=O) groups excluding carboxylic acids is 2. The summed E-state index contributed by atoms with van der Waals surface area (Å²) in [6.07, 6.45) is 1.28. The van der Waals surface area contributed by atoms with E-state index in [-0.39, 0.29) is 17.2 Å². The molecule has 2 fully saturated rings. The predicted octanol–water partition coefficient (Wildman–Crippen LogP) is 0.110. The molecule has 6 nitrogen and oxygen atoms in total. The molecule has 2 unspecified atom stereocenters. The lowest BCUT2D eigenvalue weighted by Gasteiger charge is -2.53. The van der Waals surface area contributed by atoms with E-state index in [9.17, 15) is 14.7 Å². The van der Waals surface area contributed by atoms with E-state index in [0.717, 1.165) is 39.0 Å². The lowest BCUT2D eigenvalue weighted by Crippen LogP contribution is -2.66. The summed E-state index contributed by atoms with van der Waals surface area (Å²) < 4.78 is 0. The van der Waals surface area contributed by atoms with Gasteiger partial charge in [0.2, 0.25) is 11.8 Å². The molecule has 3 N–H and O–H groups in total. The van der Waals surface area contributed by atoms with E-state index in [0.29, 0.717) is 0 Å². The van der Waals surface area contributed by atoms with E-state index < -0.39 is 17.6 Å². The highest BCUT2D eigenvalue weighted by atomic mass is 16.3. The number of nitrogens with one attached hydrogen (secondary N) is 2. The molecule has 2 heterocycles. The van der Waals surface area contributed by atoms with Gasteiger partial charge in [-0.05, 0) is 32.9 Å². The smallest absolute Gasteiger partial charge is 0.247 e. The number of aliphatic hydroxyl groups excluding tert-OH is 1. The van der Waals surface area contributed by atoms with Crippen molar-refractivity contribution in [1.29, 1.82) is 0 Å². The van der Waals surface area contributed by atoms with Crippen molar-refractivity contribution in [2.75, 3.05) is 26.2 Å². The summed E-state index contributed by atoms with van der Waals surface area (Å²) in [4.78, 5) is 26.5. The standard InChI is InChI=1S/C16H29N3O3/c1-11(20)12(18-14(22)15(2,3)4)13(21)19-9-16(10-19)5-7-17-8-6-16/h11-12,17,20H,5-10H2,1-4H3,(H,18,22). The van der Waals surface area contributed by atoms with Crippen molar-refractivity contribution in [1.82, 2.24) is 15.5 Å². The van der Waals surface area contributed by atoms with E-state index in [4.69, 9.17) is 0 Å². The van der Waals surface area contributed by atoms with Crippen LogP contribution in [-0.4, -0.2) is 60.1 Å². The first-order chi connectivity index (χ1) is 10.1. The number of hydrogen-bond donors (Lipinski definition) is 3. The molecule has 0 saturated carbocycles. The summed E-state index contributed by atoms with van der Waals surface area (Å²) in [6.45, 7) is 10.4. The van der Waals surface area contributed by atoms with Crippen molar-refractivity contribution < 1.29 is 14.7 Å². The van der Waals surface area contributed by atoms with Crippen molar-refractivity contribution in [3.05, 3.63) is 0 Å². The van der Waals surface area contributed by atoms with E-state index in [2.05, 4.69) is 10.6 Å². The monoisotopic (exact) mass is 311 g/mol. The number of piperidine rings is 1. The van der Waals surface area contributed by atoms with Crippen molar-refractivity contribution in [2.45, 2.75) is 52.7 Å². The number of carbonyl (C=O) groups is 2. The number of likely N-dealkylation sites (tertiary alicyclic amines) is 1. The van der Waals surface area contributed by atoms with Crippen LogP contribution in [0.25, 0.3) is 0 Å².